The lowest BCUT2D eigenvalue weighted by atomic mass is 9.84. The molecule has 5 nitrogen and oxygen atoms in total. The lowest BCUT2D eigenvalue weighted by Gasteiger charge is -2.31. The first-order chi connectivity index (χ1) is 15.8. The number of ether oxygens (including phenoxy) is 4. The molecular formula is C28H34O5. The van der Waals surface area contributed by atoms with Gasteiger partial charge in [-0.1, -0.05) is 23.8 Å². The highest BCUT2D eigenvalue weighted by Crippen LogP contribution is 2.48. The Morgan fingerprint density at radius 2 is 1.82 bits per heavy atom. The summed E-state index contributed by atoms with van der Waals surface area (Å²) in [5.74, 6) is 2.62. The zero-order valence-corrected chi connectivity index (χ0v) is 20.5. The summed E-state index contributed by atoms with van der Waals surface area (Å²) in [6.45, 7) is 10.4. The molecule has 0 radical (unpaired) electrons. The summed E-state index contributed by atoms with van der Waals surface area (Å²) in [5, 5.41) is 0. The summed E-state index contributed by atoms with van der Waals surface area (Å²) in [5.41, 5.74) is 4.56. The van der Waals surface area contributed by atoms with Gasteiger partial charge >= 0.3 is 0 Å². The van der Waals surface area contributed by atoms with Crippen molar-refractivity contribution in [2.75, 3.05) is 21.3 Å². The van der Waals surface area contributed by atoms with E-state index in [0.717, 1.165) is 29.5 Å². The molecule has 0 amide bonds. The number of hydrogen-bond acceptors (Lipinski definition) is 5. The van der Waals surface area contributed by atoms with Gasteiger partial charge < -0.3 is 18.9 Å². The van der Waals surface area contributed by atoms with Gasteiger partial charge in [0.05, 0.1) is 33.3 Å². The molecule has 1 aliphatic rings. The average molecular weight is 451 g/mol. The van der Waals surface area contributed by atoms with Gasteiger partial charge in [0.2, 0.25) is 0 Å². The molecule has 176 valence electrons. The van der Waals surface area contributed by atoms with Gasteiger partial charge in [0.1, 0.15) is 29.1 Å². The largest absolute Gasteiger partial charge is 0.497 e. The Morgan fingerprint density at radius 1 is 1.09 bits per heavy atom. The van der Waals surface area contributed by atoms with Gasteiger partial charge in [-0.15, -0.1) is 0 Å². The number of carbonyl (C=O) groups excluding carboxylic acids is 1. The van der Waals surface area contributed by atoms with E-state index in [9.17, 15) is 4.79 Å². The molecule has 0 N–H and O–H groups in total. The molecule has 2 atom stereocenters. The van der Waals surface area contributed by atoms with E-state index in [-0.39, 0.29) is 18.1 Å². The summed E-state index contributed by atoms with van der Waals surface area (Å²) in [6, 6.07) is 9.21. The van der Waals surface area contributed by atoms with Crippen LogP contribution >= 0.6 is 0 Å². The molecule has 3 rings (SSSR count). The number of carbonyl (C=O) groups is 1. The molecule has 33 heavy (non-hydrogen) atoms. The number of hydrogen-bond donors (Lipinski definition) is 0. The molecule has 2 aromatic rings. The van der Waals surface area contributed by atoms with Gasteiger partial charge in [-0.05, 0) is 57.9 Å². The van der Waals surface area contributed by atoms with Crippen molar-refractivity contribution in [3.05, 3.63) is 70.8 Å². The Labute approximate surface area is 197 Å². The highest BCUT2D eigenvalue weighted by atomic mass is 16.5. The van der Waals surface area contributed by atoms with E-state index < -0.39 is 6.10 Å². The molecule has 2 unspecified atom stereocenters. The molecular weight excluding hydrogens is 416 g/mol. The van der Waals surface area contributed by atoms with Crippen molar-refractivity contribution in [3.63, 3.8) is 0 Å². The first kappa shape index (κ1) is 24.4. The van der Waals surface area contributed by atoms with Gasteiger partial charge in [0.25, 0.3) is 0 Å². The molecule has 0 aromatic heterocycles. The highest BCUT2D eigenvalue weighted by molar-refractivity contribution is 6.01. The number of methoxy groups -OCH3 is 3. The monoisotopic (exact) mass is 450 g/mol. The minimum Gasteiger partial charge on any atom is -0.497 e. The molecule has 0 bridgehead atoms. The summed E-state index contributed by atoms with van der Waals surface area (Å²) in [7, 11) is 4.86. The highest BCUT2D eigenvalue weighted by Gasteiger charge is 2.34. The topological polar surface area (TPSA) is 54.0 Å². The lowest BCUT2D eigenvalue weighted by molar-refractivity contribution is 0.0843. The Morgan fingerprint density at radius 3 is 2.42 bits per heavy atom. The Hall–Kier alpha value is -3.21. The van der Waals surface area contributed by atoms with Crippen molar-refractivity contribution in [3.8, 4) is 23.0 Å². The fourth-order valence-corrected chi connectivity index (χ4v) is 4.33. The van der Waals surface area contributed by atoms with Crippen LogP contribution in [0.5, 0.6) is 23.0 Å². The van der Waals surface area contributed by atoms with E-state index >= 15 is 0 Å². The molecule has 0 saturated heterocycles. The second-order valence-corrected chi connectivity index (χ2v) is 8.66. The average Bonchev–Trinajstić information content (AvgIpc) is 2.80. The predicted octanol–water partition coefficient (Wildman–Crippen LogP) is 6.83. The molecule has 0 spiro atoms. The number of allylic oxidation sites excluding steroid dienone is 3. The van der Waals surface area contributed by atoms with E-state index in [2.05, 4.69) is 26.5 Å². The number of rotatable bonds is 9. The summed E-state index contributed by atoms with van der Waals surface area (Å²) in [6.07, 6.45) is 3.73. The van der Waals surface area contributed by atoms with Crippen molar-refractivity contribution < 1.29 is 23.7 Å². The zero-order chi connectivity index (χ0) is 24.1. The number of Topliss-reactive ketones (excluding diaryl/α,β-unsaturated/α-hetero) is 1. The molecule has 1 heterocycles. The SMILES string of the molecule is C=C(C)C(CCC=C(C)C)c1c(OC)ccc2c1OC(c1ccc(OC)cc1OC)CC2=O. The quantitative estimate of drug-likeness (QED) is 0.392. The molecule has 2 aromatic carbocycles. The third-order valence-corrected chi connectivity index (χ3v) is 6.05. The summed E-state index contributed by atoms with van der Waals surface area (Å²) >= 11 is 0. The van der Waals surface area contributed by atoms with Crippen LogP contribution < -0.4 is 18.9 Å². The third kappa shape index (κ3) is 5.24. The van der Waals surface area contributed by atoms with Crippen LogP contribution in [0.15, 0.2) is 54.1 Å². The summed E-state index contributed by atoms with van der Waals surface area (Å²) in [4.78, 5) is 13.2. The van der Waals surface area contributed by atoms with Gasteiger partial charge in [-0.25, -0.2) is 0 Å². The van der Waals surface area contributed by atoms with Gasteiger partial charge in [0, 0.05) is 23.1 Å². The van der Waals surface area contributed by atoms with E-state index in [1.54, 1.807) is 33.5 Å². The van der Waals surface area contributed by atoms with E-state index in [1.807, 2.05) is 25.1 Å². The number of benzene rings is 2. The van der Waals surface area contributed by atoms with Crippen LogP contribution in [0.2, 0.25) is 0 Å². The maximum absolute atomic E-state index is 13.2. The Kier molecular flexibility index (Phi) is 7.85. The van der Waals surface area contributed by atoms with E-state index in [4.69, 9.17) is 18.9 Å². The fraction of sp³-hybridized carbons (Fsp3) is 0.393. The van der Waals surface area contributed by atoms with Gasteiger partial charge in [-0.3, -0.25) is 4.79 Å². The first-order valence-electron chi connectivity index (χ1n) is 11.2. The Balaban J connectivity index is 2.10. The van der Waals surface area contributed by atoms with E-state index in [1.165, 1.54) is 5.57 Å². The maximum Gasteiger partial charge on any atom is 0.170 e. The first-order valence-corrected chi connectivity index (χ1v) is 11.2. The number of fused-ring (bicyclic) bond motifs is 1. The standard InChI is InChI=1S/C28H34O5/c1-17(2)9-8-10-20(18(3)4)27-24(31-6)14-13-21-23(29)16-26(33-28(21)27)22-12-11-19(30-5)15-25(22)32-7/h9,11-15,20,26H,3,8,10,16H2,1-2,4-7H3. The van der Waals surface area contributed by atoms with Crippen LogP contribution in [0.1, 0.15) is 73.5 Å². The molecule has 0 saturated carbocycles. The minimum atomic E-state index is -0.472. The fourth-order valence-electron chi connectivity index (χ4n) is 4.33. The predicted molar refractivity (Wildman–Crippen MR) is 131 cm³/mol. The third-order valence-electron chi connectivity index (χ3n) is 6.05. The van der Waals surface area contributed by atoms with E-state index in [0.29, 0.717) is 28.6 Å². The molecule has 0 fully saturated rings. The van der Waals surface area contributed by atoms with Crippen molar-refractivity contribution in [1.29, 1.82) is 0 Å². The smallest absolute Gasteiger partial charge is 0.170 e. The van der Waals surface area contributed by atoms with Crippen LogP contribution in [0, 0.1) is 0 Å². The van der Waals surface area contributed by atoms with Gasteiger partial charge in [-0.2, -0.15) is 0 Å². The second kappa shape index (κ2) is 10.6. The van der Waals surface area contributed by atoms with Crippen LogP contribution in [0.25, 0.3) is 0 Å². The number of ketones is 1. The maximum atomic E-state index is 13.2. The van der Waals surface area contributed by atoms with Crippen LogP contribution in [-0.4, -0.2) is 27.1 Å². The molecule has 1 aliphatic heterocycles. The zero-order valence-electron chi connectivity index (χ0n) is 20.5. The van der Waals surface area contributed by atoms with Crippen molar-refractivity contribution in [2.24, 2.45) is 0 Å². The molecule has 0 aliphatic carbocycles. The van der Waals surface area contributed by atoms with Crippen LogP contribution in [0.4, 0.5) is 0 Å². The second-order valence-electron chi connectivity index (χ2n) is 8.66. The minimum absolute atomic E-state index is 0.00480. The normalized spacial score (nSPS) is 15.7. The van der Waals surface area contributed by atoms with Crippen molar-refractivity contribution in [1.82, 2.24) is 0 Å². The summed E-state index contributed by atoms with van der Waals surface area (Å²) < 4.78 is 23.2. The van der Waals surface area contributed by atoms with Crippen LogP contribution in [-0.2, 0) is 0 Å². The van der Waals surface area contributed by atoms with Gasteiger partial charge in [0.15, 0.2) is 5.78 Å². The lowest BCUT2D eigenvalue weighted by Crippen LogP contribution is -2.23. The van der Waals surface area contributed by atoms with Crippen molar-refractivity contribution in [2.45, 2.75) is 52.1 Å². The Bertz CT molecular complexity index is 1060. The van der Waals surface area contributed by atoms with Crippen molar-refractivity contribution >= 4 is 5.78 Å². The molecule has 5 heteroatoms. The van der Waals surface area contributed by atoms with Crippen LogP contribution in [0.3, 0.4) is 0 Å².